The number of hydrogen-bond donors (Lipinski definition) is 3. The van der Waals surface area contributed by atoms with E-state index in [1.807, 2.05) is 19.1 Å². The summed E-state index contributed by atoms with van der Waals surface area (Å²) in [5.41, 5.74) is 8.26. The van der Waals surface area contributed by atoms with E-state index in [1.54, 1.807) is 13.2 Å². The van der Waals surface area contributed by atoms with E-state index in [0.717, 1.165) is 11.1 Å². The molecule has 4 N–H and O–H groups in total. The number of methoxy groups -OCH3 is 1. The second-order valence-electron chi connectivity index (χ2n) is 4.73. The summed E-state index contributed by atoms with van der Waals surface area (Å²) in [7, 11) is 1.55. The number of hydrogen-bond acceptors (Lipinski definition) is 3. The first-order valence-electron chi connectivity index (χ1n) is 6.55. The first-order chi connectivity index (χ1) is 9.92. The second kappa shape index (κ2) is 7.94. The Morgan fingerprint density at radius 3 is 2.71 bits per heavy atom. The Morgan fingerprint density at radius 1 is 1.43 bits per heavy atom. The van der Waals surface area contributed by atoms with Gasteiger partial charge in [0.15, 0.2) is 5.96 Å². The third-order valence-corrected chi connectivity index (χ3v) is 2.58. The van der Waals surface area contributed by atoms with Crippen molar-refractivity contribution in [1.29, 1.82) is 0 Å². The van der Waals surface area contributed by atoms with Crippen molar-refractivity contribution >= 4 is 17.6 Å². The lowest BCUT2D eigenvalue weighted by Gasteiger charge is -2.10. The van der Waals surface area contributed by atoms with Crippen LogP contribution in [0.25, 0.3) is 0 Å². The molecule has 0 bridgehead atoms. The van der Waals surface area contributed by atoms with Gasteiger partial charge in [0.1, 0.15) is 5.75 Å². The van der Waals surface area contributed by atoms with Crippen molar-refractivity contribution < 1.29 is 9.53 Å². The summed E-state index contributed by atoms with van der Waals surface area (Å²) in [6.45, 7) is 8.13. The predicted octanol–water partition coefficient (Wildman–Crippen LogP) is 1.63. The maximum absolute atomic E-state index is 11.2. The Balaban J connectivity index is 2.77. The average molecular weight is 290 g/mol. The van der Waals surface area contributed by atoms with Gasteiger partial charge in [0.05, 0.1) is 19.3 Å². The lowest BCUT2D eigenvalue weighted by atomic mass is 10.2. The van der Waals surface area contributed by atoms with E-state index in [2.05, 4.69) is 22.2 Å². The molecule has 1 aromatic rings. The van der Waals surface area contributed by atoms with Gasteiger partial charge in [-0.05, 0) is 24.6 Å². The summed E-state index contributed by atoms with van der Waals surface area (Å²) >= 11 is 0. The molecule has 1 rings (SSSR count). The van der Waals surface area contributed by atoms with E-state index in [0.29, 0.717) is 30.5 Å². The van der Waals surface area contributed by atoms with Gasteiger partial charge in [0.25, 0.3) is 0 Å². The van der Waals surface area contributed by atoms with E-state index in [9.17, 15) is 4.79 Å². The van der Waals surface area contributed by atoms with Gasteiger partial charge >= 0.3 is 0 Å². The number of carbonyl (C=O) groups is 1. The summed E-state index contributed by atoms with van der Waals surface area (Å²) in [4.78, 5) is 15.4. The maximum atomic E-state index is 11.2. The first-order valence-corrected chi connectivity index (χ1v) is 6.55. The molecular weight excluding hydrogens is 268 g/mol. The largest absolute Gasteiger partial charge is 0.495 e. The minimum absolute atomic E-state index is 0.156. The van der Waals surface area contributed by atoms with Crippen LogP contribution in [0, 0.1) is 0 Å². The zero-order valence-corrected chi connectivity index (χ0v) is 12.7. The number of nitrogens with two attached hydrogens (primary N) is 1. The first kappa shape index (κ1) is 16.6. The molecular formula is C15H22N4O2. The molecule has 1 aromatic carbocycles. The number of benzene rings is 1. The molecule has 0 radical (unpaired) electrons. The summed E-state index contributed by atoms with van der Waals surface area (Å²) in [5, 5.41) is 5.68. The zero-order valence-electron chi connectivity index (χ0n) is 12.7. The number of carbonyl (C=O) groups excluding carboxylic acids is 1. The van der Waals surface area contributed by atoms with Crippen LogP contribution in [0.2, 0.25) is 0 Å². The number of nitrogens with one attached hydrogen (secondary N) is 2. The van der Waals surface area contributed by atoms with Gasteiger partial charge < -0.3 is 21.1 Å². The molecule has 0 aliphatic heterocycles. The Bertz CT molecular complexity index is 553. The molecule has 0 aromatic heterocycles. The number of aliphatic imine (C=N–C) groups is 1. The highest BCUT2D eigenvalue weighted by molar-refractivity contribution is 5.90. The highest BCUT2D eigenvalue weighted by Gasteiger charge is 2.05. The molecule has 0 unspecified atom stereocenters. The standard InChI is InChI=1S/C15H22N4O2/c1-10(2)8-17-15(16)18-9-12-5-6-14(21-4)13(7-12)19-11(3)20/h5-7H,1,8-9H2,2-4H3,(H,19,20)(H3,16,17,18). The van der Waals surface area contributed by atoms with Crippen molar-refractivity contribution in [2.24, 2.45) is 10.7 Å². The monoisotopic (exact) mass is 290 g/mol. The minimum Gasteiger partial charge on any atom is -0.495 e. The lowest BCUT2D eigenvalue weighted by Crippen LogP contribution is -2.32. The fourth-order valence-corrected chi connectivity index (χ4v) is 1.61. The van der Waals surface area contributed by atoms with Crippen LogP contribution in [0.5, 0.6) is 5.75 Å². The highest BCUT2D eigenvalue weighted by atomic mass is 16.5. The Kier molecular flexibility index (Phi) is 6.26. The molecule has 0 aliphatic carbocycles. The molecule has 21 heavy (non-hydrogen) atoms. The van der Waals surface area contributed by atoms with Crippen LogP contribution in [0.4, 0.5) is 5.69 Å². The normalized spacial score (nSPS) is 10.9. The molecule has 0 spiro atoms. The van der Waals surface area contributed by atoms with Gasteiger partial charge in [-0.3, -0.25) is 4.79 Å². The topological polar surface area (TPSA) is 88.7 Å². The van der Waals surface area contributed by atoms with Crippen molar-refractivity contribution in [3.8, 4) is 5.75 Å². The van der Waals surface area contributed by atoms with Crippen LogP contribution < -0.4 is 21.1 Å². The molecule has 114 valence electrons. The van der Waals surface area contributed by atoms with Gasteiger partial charge in [-0.2, -0.15) is 0 Å². The molecule has 6 nitrogen and oxygen atoms in total. The fourth-order valence-electron chi connectivity index (χ4n) is 1.61. The van der Waals surface area contributed by atoms with Crippen LogP contribution in [0.1, 0.15) is 19.4 Å². The van der Waals surface area contributed by atoms with Crippen molar-refractivity contribution in [2.75, 3.05) is 19.0 Å². The lowest BCUT2D eigenvalue weighted by molar-refractivity contribution is -0.114. The summed E-state index contributed by atoms with van der Waals surface area (Å²) in [6, 6.07) is 5.48. The van der Waals surface area contributed by atoms with E-state index < -0.39 is 0 Å². The van der Waals surface area contributed by atoms with E-state index in [1.165, 1.54) is 6.92 Å². The quantitative estimate of drug-likeness (QED) is 0.422. The fraction of sp³-hybridized carbons (Fsp3) is 0.333. The highest BCUT2D eigenvalue weighted by Crippen LogP contribution is 2.25. The molecule has 6 heteroatoms. The van der Waals surface area contributed by atoms with Crippen molar-refractivity contribution in [3.05, 3.63) is 35.9 Å². The Morgan fingerprint density at radius 2 is 2.14 bits per heavy atom. The third kappa shape index (κ3) is 5.99. The maximum Gasteiger partial charge on any atom is 0.221 e. The molecule has 0 heterocycles. The van der Waals surface area contributed by atoms with Crippen LogP contribution in [-0.2, 0) is 11.3 Å². The van der Waals surface area contributed by atoms with E-state index >= 15 is 0 Å². The molecule has 0 saturated carbocycles. The van der Waals surface area contributed by atoms with E-state index in [4.69, 9.17) is 10.5 Å². The Hall–Kier alpha value is -2.50. The Labute approximate surface area is 125 Å². The number of guanidine groups is 1. The van der Waals surface area contributed by atoms with Gasteiger partial charge in [0, 0.05) is 13.5 Å². The van der Waals surface area contributed by atoms with Crippen molar-refractivity contribution in [3.63, 3.8) is 0 Å². The van der Waals surface area contributed by atoms with Crippen LogP contribution >= 0.6 is 0 Å². The van der Waals surface area contributed by atoms with Crippen molar-refractivity contribution in [2.45, 2.75) is 20.4 Å². The number of amides is 1. The molecule has 1 amide bonds. The molecule has 0 fully saturated rings. The number of anilines is 1. The van der Waals surface area contributed by atoms with Crippen LogP contribution in [0.3, 0.4) is 0 Å². The summed E-state index contributed by atoms with van der Waals surface area (Å²) in [5.74, 6) is 0.804. The van der Waals surface area contributed by atoms with Crippen LogP contribution in [0.15, 0.2) is 35.3 Å². The smallest absolute Gasteiger partial charge is 0.221 e. The predicted molar refractivity (Wildman–Crippen MR) is 85.4 cm³/mol. The molecule has 0 aliphatic rings. The summed E-state index contributed by atoms with van der Waals surface area (Å²) in [6.07, 6.45) is 0. The van der Waals surface area contributed by atoms with E-state index in [-0.39, 0.29) is 5.91 Å². The number of nitrogens with zero attached hydrogens (tertiary/aromatic N) is 1. The van der Waals surface area contributed by atoms with Gasteiger partial charge in [0.2, 0.25) is 5.91 Å². The number of ether oxygens (including phenoxy) is 1. The molecule has 0 saturated heterocycles. The minimum atomic E-state index is -0.156. The van der Waals surface area contributed by atoms with Gasteiger partial charge in [-0.25, -0.2) is 4.99 Å². The SMILES string of the molecule is C=C(C)CNC(N)=NCc1ccc(OC)c(NC(C)=O)c1. The van der Waals surface area contributed by atoms with Gasteiger partial charge in [-0.15, -0.1) is 0 Å². The number of rotatable bonds is 6. The third-order valence-electron chi connectivity index (χ3n) is 2.58. The van der Waals surface area contributed by atoms with Crippen molar-refractivity contribution in [1.82, 2.24) is 5.32 Å². The van der Waals surface area contributed by atoms with Gasteiger partial charge in [-0.1, -0.05) is 18.2 Å². The van der Waals surface area contributed by atoms with Crippen LogP contribution in [-0.4, -0.2) is 25.5 Å². The zero-order chi connectivity index (χ0) is 15.8. The average Bonchev–Trinajstić information content (AvgIpc) is 2.42. The summed E-state index contributed by atoms with van der Waals surface area (Å²) < 4.78 is 5.19. The second-order valence-corrected chi connectivity index (χ2v) is 4.73. The molecule has 0 atom stereocenters.